The van der Waals surface area contributed by atoms with Gasteiger partial charge in [-0.15, -0.1) is 0 Å². The number of nitro groups is 1. The first-order valence-corrected chi connectivity index (χ1v) is 11.4. The molecule has 0 aliphatic carbocycles. The van der Waals surface area contributed by atoms with Crippen molar-refractivity contribution in [1.82, 2.24) is 9.62 Å². The number of amides is 1. The Morgan fingerprint density at radius 3 is 2.31 bits per heavy atom. The molecule has 0 aliphatic rings. The van der Waals surface area contributed by atoms with Crippen molar-refractivity contribution in [2.45, 2.75) is 57.6 Å². The predicted molar refractivity (Wildman–Crippen MR) is 116 cm³/mol. The minimum atomic E-state index is -4.48. The summed E-state index contributed by atoms with van der Waals surface area (Å²) in [5.41, 5.74) is -1.39. The molecule has 0 spiro atoms. The number of methoxy groups -OCH3 is 1. The van der Waals surface area contributed by atoms with E-state index >= 15 is 0 Å². The van der Waals surface area contributed by atoms with Crippen molar-refractivity contribution >= 4 is 27.8 Å². The molecule has 0 aliphatic heterocycles. The standard InChI is InChI=1S/C20H31N3O8S/c1-14(2)11-15(21-19(25)31-20(3,4)5)12-22(13-18(24)30-6)32(28,29)17-10-8-7-9-16(17)23(26)27/h7-10,14-15H,11-13H2,1-6H3,(H,21,25). The Hall–Kier alpha value is -2.73. The van der Waals surface area contributed by atoms with Crippen LogP contribution in [0, 0.1) is 16.0 Å². The van der Waals surface area contributed by atoms with Gasteiger partial charge < -0.3 is 14.8 Å². The fraction of sp³-hybridized carbons (Fsp3) is 0.600. The van der Waals surface area contributed by atoms with Gasteiger partial charge in [0, 0.05) is 18.7 Å². The molecule has 0 heterocycles. The number of hydrogen-bond donors (Lipinski definition) is 1. The van der Waals surface area contributed by atoms with E-state index in [1.54, 1.807) is 20.8 Å². The number of sulfonamides is 1. The van der Waals surface area contributed by atoms with Crippen LogP contribution in [-0.2, 0) is 24.3 Å². The Labute approximate surface area is 188 Å². The number of hydrogen-bond acceptors (Lipinski definition) is 8. The molecule has 0 aromatic heterocycles. The Kier molecular flexibility index (Phi) is 9.58. The second-order valence-corrected chi connectivity index (χ2v) is 10.5. The Morgan fingerprint density at radius 1 is 1.22 bits per heavy atom. The SMILES string of the molecule is COC(=O)CN(CC(CC(C)C)NC(=O)OC(C)(C)C)S(=O)(=O)c1ccccc1[N+](=O)[O-]. The number of para-hydroxylation sites is 1. The molecule has 0 saturated heterocycles. The summed E-state index contributed by atoms with van der Waals surface area (Å²) in [5.74, 6) is -0.795. The number of carbonyl (C=O) groups is 2. The third kappa shape index (κ3) is 8.42. The van der Waals surface area contributed by atoms with E-state index in [1.807, 2.05) is 13.8 Å². The van der Waals surface area contributed by atoms with Gasteiger partial charge in [-0.05, 0) is 39.2 Å². The van der Waals surface area contributed by atoms with Gasteiger partial charge in [-0.25, -0.2) is 13.2 Å². The minimum absolute atomic E-state index is 0.0590. The number of nitrogens with zero attached hydrogens (tertiary/aromatic N) is 2. The molecule has 0 fully saturated rings. The lowest BCUT2D eigenvalue weighted by Gasteiger charge is -2.29. The molecule has 180 valence electrons. The molecule has 0 radical (unpaired) electrons. The summed E-state index contributed by atoms with van der Waals surface area (Å²) in [4.78, 5) is 34.3. The van der Waals surface area contributed by atoms with Crippen LogP contribution in [0.25, 0.3) is 0 Å². The average Bonchev–Trinajstić information content (AvgIpc) is 2.65. The largest absolute Gasteiger partial charge is 0.468 e. The summed E-state index contributed by atoms with van der Waals surface area (Å²) in [7, 11) is -3.39. The number of benzene rings is 1. The third-order valence-electron chi connectivity index (χ3n) is 4.11. The highest BCUT2D eigenvalue weighted by atomic mass is 32.2. The first kappa shape index (κ1) is 27.3. The average molecular weight is 474 g/mol. The van der Waals surface area contributed by atoms with Crippen molar-refractivity contribution in [1.29, 1.82) is 0 Å². The van der Waals surface area contributed by atoms with E-state index in [0.29, 0.717) is 6.42 Å². The van der Waals surface area contributed by atoms with Gasteiger partial charge in [0.1, 0.15) is 12.1 Å². The van der Waals surface area contributed by atoms with Crippen molar-refractivity contribution in [2.24, 2.45) is 5.92 Å². The van der Waals surface area contributed by atoms with Gasteiger partial charge >= 0.3 is 12.1 Å². The van der Waals surface area contributed by atoms with Gasteiger partial charge in [0.15, 0.2) is 4.90 Å². The molecule has 1 aromatic rings. The van der Waals surface area contributed by atoms with Crippen LogP contribution in [0.1, 0.15) is 41.0 Å². The lowest BCUT2D eigenvalue weighted by molar-refractivity contribution is -0.387. The molecule has 0 saturated carbocycles. The number of rotatable bonds is 10. The zero-order valence-corrected chi connectivity index (χ0v) is 20.0. The Morgan fingerprint density at radius 2 is 1.81 bits per heavy atom. The van der Waals surface area contributed by atoms with Crippen LogP contribution in [0.3, 0.4) is 0 Å². The van der Waals surface area contributed by atoms with Gasteiger partial charge in [0.05, 0.1) is 12.0 Å². The molecule has 12 heteroatoms. The molecule has 1 unspecified atom stereocenters. The van der Waals surface area contributed by atoms with Gasteiger partial charge in [-0.3, -0.25) is 14.9 Å². The third-order valence-corrected chi connectivity index (χ3v) is 5.97. The van der Waals surface area contributed by atoms with Crippen LogP contribution in [0.15, 0.2) is 29.2 Å². The predicted octanol–water partition coefficient (Wildman–Crippen LogP) is 2.70. The van der Waals surface area contributed by atoms with Crippen molar-refractivity contribution in [3.8, 4) is 0 Å². The fourth-order valence-corrected chi connectivity index (χ4v) is 4.48. The molecule has 1 rings (SSSR count). The van der Waals surface area contributed by atoms with Crippen molar-refractivity contribution in [2.75, 3.05) is 20.2 Å². The second kappa shape index (κ2) is 11.2. The first-order valence-electron chi connectivity index (χ1n) is 9.97. The number of esters is 1. The van der Waals surface area contributed by atoms with Crippen LogP contribution in [0.5, 0.6) is 0 Å². The quantitative estimate of drug-likeness (QED) is 0.310. The van der Waals surface area contributed by atoms with E-state index < -0.39 is 55.8 Å². The molecule has 1 amide bonds. The molecule has 1 atom stereocenters. The van der Waals surface area contributed by atoms with E-state index in [2.05, 4.69) is 10.1 Å². The smallest absolute Gasteiger partial charge is 0.407 e. The van der Waals surface area contributed by atoms with Crippen molar-refractivity contribution < 1.29 is 32.4 Å². The summed E-state index contributed by atoms with van der Waals surface area (Å²) in [6.07, 6.45) is -0.382. The highest BCUT2D eigenvalue weighted by Crippen LogP contribution is 2.27. The Balaban J connectivity index is 3.35. The van der Waals surface area contributed by atoms with Crippen molar-refractivity contribution in [3.63, 3.8) is 0 Å². The Bertz CT molecular complexity index is 925. The highest BCUT2D eigenvalue weighted by molar-refractivity contribution is 7.89. The number of alkyl carbamates (subject to hydrolysis) is 1. The lowest BCUT2D eigenvalue weighted by atomic mass is 10.0. The maximum Gasteiger partial charge on any atom is 0.407 e. The second-order valence-electron chi connectivity index (χ2n) is 8.57. The molecular formula is C20H31N3O8S. The molecule has 32 heavy (non-hydrogen) atoms. The van der Waals surface area contributed by atoms with Crippen LogP contribution < -0.4 is 5.32 Å². The van der Waals surface area contributed by atoms with Crippen LogP contribution in [0.4, 0.5) is 10.5 Å². The summed E-state index contributed by atoms with van der Waals surface area (Å²) in [5, 5.41) is 14.0. The van der Waals surface area contributed by atoms with Crippen molar-refractivity contribution in [3.05, 3.63) is 34.4 Å². The van der Waals surface area contributed by atoms with Gasteiger partial charge in [0.2, 0.25) is 0 Å². The topological polar surface area (TPSA) is 145 Å². The summed E-state index contributed by atoms with van der Waals surface area (Å²) >= 11 is 0. The first-order chi connectivity index (χ1) is 14.7. The number of nitrogens with one attached hydrogen (secondary N) is 1. The molecule has 11 nitrogen and oxygen atoms in total. The fourth-order valence-electron chi connectivity index (χ4n) is 2.89. The van der Waals surface area contributed by atoms with Crippen LogP contribution in [0.2, 0.25) is 0 Å². The van der Waals surface area contributed by atoms with E-state index in [-0.39, 0.29) is 12.5 Å². The van der Waals surface area contributed by atoms with Gasteiger partial charge in [-0.1, -0.05) is 26.0 Å². The molecule has 1 aromatic carbocycles. The summed E-state index contributed by atoms with van der Waals surface area (Å²) in [6.45, 7) is 7.82. The summed E-state index contributed by atoms with van der Waals surface area (Å²) < 4.78 is 37.3. The lowest BCUT2D eigenvalue weighted by Crippen LogP contribution is -2.49. The van der Waals surface area contributed by atoms with E-state index in [1.165, 1.54) is 12.1 Å². The maximum absolute atomic E-state index is 13.3. The number of nitro benzene ring substituents is 1. The zero-order chi connectivity index (χ0) is 24.7. The van der Waals surface area contributed by atoms with Crippen LogP contribution >= 0.6 is 0 Å². The molecule has 0 bridgehead atoms. The normalized spacial score (nSPS) is 13.0. The minimum Gasteiger partial charge on any atom is -0.468 e. The van der Waals surface area contributed by atoms with E-state index in [0.717, 1.165) is 23.5 Å². The maximum atomic E-state index is 13.3. The van der Waals surface area contributed by atoms with Gasteiger partial charge in [-0.2, -0.15) is 4.31 Å². The molecular weight excluding hydrogens is 442 g/mol. The van der Waals surface area contributed by atoms with Crippen LogP contribution in [-0.4, -0.2) is 61.6 Å². The highest BCUT2D eigenvalue weighted by Gasteiger charge is 2.35. The monoisotopic (exact) mass is 473 g/mol. The number of carbonyl (C=O) groups excluding carboxylic acids is 2. The summed E-state index contributed by atoms with van der Waals surface area (Å²) in [6, 6.07) is 4.12. The zero-order valence-electron chi connectivity index (χ0n) is 19.2. The number of ether oxygens (including phenoxy) is 2. The molecule has 1 N–H and O–H groups in total. The van der Waals surface area contributed by atoms with E-state index in [4.69, 9.17) is 4.74 Å². The van der Waals surface area contributed by atoms with E-state index in [9.17, 15) is 28.1 Å². The van der Waals surface area contributed by atoms with Gasteiger partial charge in [0.25, 0.3) is 15.7 Å².